The Hall–Kier alpha value is -3.12. The lowest BCUT2D eigenvalue weighted by atomic mass is 10.1. The summed E-state index contributed by atoms with van der Waals surface area (Å²) in [6.07, 6.45) is 3.16. The molecule has 0 saturated heterocycles. The number of aromatic nitrogens is 1. The summed E-state index contributed by atoms with van der Waals surface area (Å²) in [5.41, 5.74) is 2.58. The number of hydrogen-bond acceptors (Lipinski definition) is 5. The van der Waals surface area contributed by atoms with Crippen LogP contribution in [0.5, 0.6) is 11.5 Å². The first kappa shape index (κ1) is 18.7. The SMILES string of the molecule is COc1ccc(C(=O)/C=c2\[nH]c(=O)/c(=C/c3cc(C)c(O)c(C)c3)s2)cc1. The van der Waals surface area contributed by atoms with Gasteiger partial charge in [0.25, 0.3) is 5.56 Å². The summed E-state index contributed by atoms with van der Waals surface area (Å²) in [6, 6.07) is 10.4. The number of carbonyl (C=O) groups is 1. The molecule has 6 heteroatoms. The van der Waals surface area contributed by atoms with Gasteiger partial charge in [0.2, 0.25) is 0 Å². The highest BCUT2D eigenvalue weighted by atomic mass is 32.1. The van der Waals surface area contributed by atoms with Crippen LogP contribution in [-0.2, 0) is 0 Å². The Kier molecular flexibility index (Phi) is 5.28. The van der Waals surface area contributed by atoms with Gasteiger partial charge in [-0.2, -0.15) is 0 Å². The molecule has 0 aliphatic carbocycles. The first-order chi connectivity index (χ1) is 12.9. The quantitative estimate of drug-likeness (QED) is 0.680. The van der Waals surface area contributed by atoms with Crippen LogP contribution in [0, 0.1) is 13.8 Å². The summed E-state index contributed by atoms with van der Waals surface area (Å²) in [4.78, 5) is 27.3. The lowest BCUT2D eigenvalue weighted by molar-refractivity contribution is 0.106. The fraction of sp³-hybridized carbons (Fsp3) is 0.143. The fourth-order valence-corrected chi connectivity index (χ4v) is 3.59. The Bertz CT molecular complexity index is 1150. The van der Waals surface area contributed by atoms with E-state index < -0.39 is 0 Å². The minimum absolute atomic E-state index is 0.196. The predicted octanol–water partition coefficient (Wildman–Crippen LogP) is 2.26. The van der Waals surface area contributed by atoms with Crippen LogP contribution in [-0.4, -0.2) is 23.0 Å². The van der Waals surface area contributed by atoms with Crippen molar-refractivity contribution in [3.05, 3.63) is 78.2 Å². The molecule has 5 nitrogen and oxygen atoms in total. The van der Waals surface area contributed by atoms with Crippen LogP contribution >= 0.6 is 11.3 Å². The lowest BCUT2D eigenvalue weighted by Gasteiger charge is -2.04. The summed E-state index contributed by atoms with van der Waals surface area (Å²) in [6.45, 7) is 3.62. The van der Waals surface area contributed by atoms with Gasteiger partial charge in [0.15, 0.2) is 5.78 Å². The molecule has 0 aliphatic heterocycles. The number of aromatic amines is 1. The number of aryl methyl sites for hydroxylation is 2. The van der Waals surface area contributed by atoms with Crippen LogP contribution in [0.2, 0.25) is 0 Å². The molecule has 2 N–H and O–H groups in total. The number of H-pyrrole nitrogens is 1. The van der Waals surface area contributed by atoms with Crippen LogP contribution in [0.3, 0.4) is 0 Å². The zero-order valence-electron chi connectivity index (χ0n) is 15.2. The minimum Gasteiger partial charge on any atom is -0.507 e. The van der Waals surface area contributed by atoms with E-state index in [9.17, 15) is 14.7 Å². The summed E-state index contributed by atoms with van der Waals surface area (Å²) in [5, 5.41) is 9.87. The number of rotatable bonds is 4. The minimum atomic E-state index is -0.253. The molecule has 3 aromatic rings. The maximum atomic E-state index is 12.4. The van der Waals surface area contributed by atoms with E-state index in [-0.39, 0.29) is 17.1 Å². The number of benzene rings is 2. The standard InChI is InChI=1S/C21H19NO4S/c1-12-8-14(9-13(2)20(12)24)10-18-21(25)22-19(27-18)11-17(23)15-4-6-16(26-3)7-5-15/h4-11,24H,1-3H3,(H,22,25)/b18-10-,19-11+. The highest BCUT2D eigenvalue weighted by molar-refractivity contribution is 7.07. The van der Waals surface area contributed by atoms with Gasteiger partial charge < -0.3 is 14.8 Å². The Morgan fingerprint density at radius 2 is 1.78 bits per heavy atom. The van der Waals surface area contributed by atoms with E-state index in [1.165, 1.54) is 17.4 Å². The summed E-state index contributed by atoms with van der Waals surface area (Å²) >= 11 is 1.21. The molecule has 0 fully saturated rings. The second kappa shape index (κ2) is 7.63. The van der Waals surface area contributed by atoms with E-state index in [1.54, 1.807) is 37.5 Å². The van der Waals surface area contributed by atoms with Gasteiger partial charge in [-0.3, -0.25) is 9.59 Å². The van der Waals surface area contributed by atoms with Crippen LogP contribution in [0.25, 0.3) is 12.2 Å². The number of phenols is 1. The number of Topliss-reactive ketones (excluding diaryl/α,β-unsaturated/α-hetero) is 1. The number of phenolic OH excluding ortho intramolecular Hbond substituents is 1. The van der Waals surface area contributed by atoms with E-state index in [4.69, 9.17) is 4.74 Å². The number of nitrogens with one attached hydrogen (secondary N) is 1. The molecule has 0 bridgehead atoms. The summed E-state index contributed by atoms with van der Waals surface area (Å²) < 4.78 is 6.06. The molecule has 0 aliphatic rings. The third-order valence-corrected chi connectivity index (χ3v) is 5.09. The van der Waals surface area contributed by atoms with Crippen LogP contribution in [0.4, 0.5) is 0 Å². The molecule has 0 atom stereocenters. The number of thiazole rings is 1. The maximum absolute atomic E-state index is 12.4. The number of ether oxygens (including phenoxy) is 1. The molecule has 2 aromatic carbocycles. The average molecular weight is 381 g/mol. The first-order valence-electron chi connectivity index (χ1n) is 8.28. The van der Waals surface area contributed by atoms with E-state index in [1.807, 2.05) is 26.0 Å². The molecule has 138 valence electrons. The Balaban J connectivity index is 1.97. The van der Waals surface area contributed by atoms with E-state index in [0.29, 0.717) is 20.5 Å². The maximum Gasteiger partial charge on any atom is 0.266 e. The second-order valence-corrected chi connectivity index (χ2v) is 7.25. The fourth-order valence-electron chi connectivity index (χ4n) is 2.71. The van der Waals surface area contributed by atoms with Crippen molar-refractivity contribution in [1.82, 2.24) is 4.98 Å². The van der Waals surface area contributed by atoms with E-state index in [0.717, 1.165) is 16.7 Å². The monoisotopic (exact) mass is 381 g/mol. The van der Waals surface area contributed by atoms with Crippen LogP contribution in [0.15, 0.2) is 41.2 Å². The van der Waals surface area contributed by atoms with E-state index >= 15 is 0 Å². The lowest BCUT2D eigenvalue weighted by Crippen LogP contribution is -2.20. The van der Waals surface area contributed by atoms with Gasteiger partial charge in [0.05, 0.1) is 16.3 Å². The first-order valence-corrected chi connectivity index (χ1v) is 9.10. The van der Waals surface area contributed by atoms with Crippen LogP contribution < -0.4 is 19.5 Å². The number of aromatic hydroxyl groups is 1. The van der Waals surface area contributed by atoms with Crippen LogP contribution in [0.1, 0.15) is 27.0 Å². The molecule has 27 heavy (non-hydrogen) atoms. The number of ketones is 1. The molecule has 1 aromatic heterocycles. The Morgan fingerprint density at radius 1 is 1.15 bits per heavy atom. The molecule has 0 unspecified atom stereocenters. The molecule has 1 heterocycles. The molecule has 0 saturated carbocycles. The molecular formula is C21H19NO4S. The molecule has 0 amide bonds. The number of carbonyl (C=O) groups excluding carboxylic acids is 1. The van der Waals surface area contributed by atoms with Gasteiger partial charge in [-0.1, -0.05) is 0 Å². The molecule has 0 spiro atoms. The third kappa shape index (κ3) is 4.17. The normalized spacial score (nSPS) is 12.4. The zero-order valence-corrected chi connectivity index (χ0v) is 16.0. The summed E-state index contributed by atoms with van der Waals surface area (Å²) in [7, 11) is 1.56. The Labute approximate surface area is 159 Å². The summed E-state index contributed by atoms with van der Waals surface area (Å²) in [5.74, 6) is 0.733. The van der Waals surface area contributed by atoms with Gasteiger partial charge in [-0.05, 0) is 73.0 Å². The zero-order chi connectivity index (χ0) is 19.6. The average Bonchev–Trinajstić information content (AvgIpc) is 2.98. The molecular weight excluding hydrogens is 362 g/mol. The van der Waals surface area contributed by atoms with Gasteiger partial charge >= 0.3 is 0 Å². The van der Waals surface area contributed by atoms with Crippen molar-refractivity contribution in [1.29, 1.82) is 0 Å². The van der Waals surface area contributed by atoms with Crippen molar-refractivity contribution < 1.29 is 14.6 Å². The topological polar surface area (TPSA) is 79.4 Å². The highest BCUT2D eigenvalue weighted by Crippen LogP contribution is 2.23. The number of hydrogen-bond donors (Lipinski definition) is 2. The van der Waals surface area contributed by atoms with Crippen molar-refractivity contribution in [3.8, 4) is 11.5 Å². The largest absolute Gasteiger partial charge is 0.507 e. The van der Waals surface area contributed by atoms with Gasteiger partial charge in [0, 0.05) is 11.6 Å². The van der Waals surface area contributed by atoms with Crippen molar-refractivity contribution in [2.24, 2.45) is 0 Å². The van der Waals surface area contributed by atoms with Gasteiger partial charge in [0.1, 0.15) is 11.5 Å². The van der Waals surface area contributed by atoms with Crippen molar-refractivity contribution >= 4 is 29.3 Å². The third-order valence-electron chi connectivity index (χ3n) is 4.13. The van der Waals surface area contributed by atoms with Gasteiger partial charge in [-0.15, -0.1) is 11.3 Å². The predicted molar refractivity (Wildman–Crippen MR) is 107 cm³/mol. The van der Waals surface area contributed by atoms with Crippen molar-refractivity contribution in [2.45, 2.75) is 13.8 Å². The molecule has 3 rings (SSSR count). The highest BCUT2D eigenvalue weighted by Gasteiger charge is 2.05. The molecule has 0 radical (unpaired) electrons. The van der Waals surface area contributed by atoms with Crippen molar-refractivity contribution in [2.75, 3.05) is 7.11 Å². The van der Waals surface area contributed by atoms with Crippen molar-refractivity contribution in [3.63, 3.8) is 0 Å². The van der Waals surface area contributed by atoms with Gasteiger partial charge in [-0.25, -0.2) is 0 Å². The number of methoxy groups -OCH3 is 1. The second-order valence-electron chi connectivity index (χ2n) is 6.17. The Morgan fingerprint density at radius 3 is 2.37 bits per heavy atom. The van der Waals surface area contributed by atoms with E-state index in [2.05, 4.69) is 4.98 Å². The smallest absolute Gasteiger partial charge is 0.266 e.